The summed E-state index contributed by atoms with van der Waals surface area (Å²) in [6.45, 7) is 0. The Balaban J connectivity index is 2.27. The number of carbonyl (C=O) groups is 1. The van der Waals surface area contributed by atoms with Gasteiger partial charge in [-0.2, -0.15) is 0 Å². The Kier molecular flexibility index (Phi) is 4.50. The van der Waals surface area contributed by atoms with Crippen LogP contribution in [-0.2, 0) is 0 Å². The van der Waals surface area contributed by atoms with E-state index in [1.807, 2.05) is 0 Å². The number of hydrogen-bond acceptors (Lipinski definition) is 6. The summed E-state index contributed by atoms with van der Waals surface area (Å²) < 4.78 is 4.86. The number of nitro groups is 2. The van der Waals surface area contributed by atoms with Gasteiger partial charge in [0.25, 0.3) is 11.6 Å². The average molecular weight is 317 g/mol. The first-order valence-corrected chi connectivity index (χ1v) is 6.30. The van der Waals surface area contributed by atoms with Gasteiger partial charge >= 0.3 is 5.69 Å². The maximum absolute atomic E-state index is 12.1. The Bertz CT molecular complexity index is 790. The molecule has 0 saturated heterocycles. The monoisotopic (exact) mass is 317 g/mol. The van der Waals surface area contributed by atoms with Gasteiger partial charge in [0.1, 0.15) is 0 Å². The van der Waals surface area contributed by atoms with Crippen LogP contribution in [0.5, 0.6) is 5.75 Å². The molecule has 0 fully saturated rings. The Morgan fingerprint density at radius 2 is 1.83 bits per heavy atom. The summed E-state index contributed by atoms with van der Waals surface area (Å²) in [5, 5.41) is 24.1. The molecule has 0 unspecified atom stereocenters. The highest BCUT2D eigenvalue weighted by molar-refractivity contribution is 6.04. The molecule has 1 amide bonds. The average Bonchev–Trinajstić information content (AvgIpc) is 2.54. The summed E-state index contributed by atoms with van der Waals surface area (Å²) in [4.78, 5) is 32.5. The lowest BCUT2D eigenvalue weighted by molar-refractivity contribution is -0.385. The highest BCUT2D eigenvalue weighted by atomic mass is 16.6. The summed E-state index contributed by atoms with van der Waals surface area (Å²) in [6, 6.07) is 9.09. The third-order valence-electron chi connectivity index (χ3n) is 2.95. The van der Waals surface area contributed by atoms with Crippen LogP contribution in [-0.4, -0.2) is 22.9 Å². The fraction of sp³-hybridized carbons (Fsp3) is 0.0714. The highest BCUT2D eigenvalue weighted by Gasteiger charge is 2.17. The smallest absolute Gasteiger partial charge is 0.312 e. The van der Waals surface area contributed by atoms with Crippen LogP contribution in [0.25, 0.3) is 0 Å². The number of non-ortho nitro benzene ring substituents is 1. The van der Waals surface area contributed by atoms with Crippen molar-refractivity contribution in [3.63, 3.8) is 0 Å². The van der Waals surface area contributed by atoms with Gasteiger partial charge in [-0.15, -0.1) is 0 Å². The first-order valence-electron chi connectivity index (χ1n) is 6.30. The zero-order valence-corrected chi connectivity index (χ0v) is 11.9. The van der Waals surface area contributed by atoms with Crippen LogP contribution in [0, 0.1) is 20.2 Å². The van der Waals surface area contributed by atoms with Gasteiger partial charge in [-0.3, -0.25) is 25.0 Å². The number of rotatable bonds is 5. The minimum absolute atomic E-state index is 0.0587. The van der Waals surface area contributed by atoms with Gasteiger partial charge in [-0.05, 0) is 18.2 Å². The molecule has 2 aromatic carbocycles. The Labute approximate surface area is 129 Å². The van der Waals surface area contributed by atoms with E-state index in [0.29, 0.717) is 0 Å². The van der Waals surface area contributed by atoms with Crippen LogP contribution >= 0.6 is 0 Å². The van der Waals surface area contributed by atoms with Crippen LogP contribution in [0.2, 0.25) is 0 Å². The normalized spacial score (nSPS) is 9.96. The van der Waals surface area contributed by atoms with Gasteiger partial charge in [-0.25, -0.2) is 0 Å². The number of ether oxygens (including phenoxy) is 1. The molecule has 0 atom stereocenters. The van der Waals surface area contributed by atoms with Crippen molar-refractivity contribution >= 4 is 23.0 Å². The third kappa shape index (κ3) is 3.59. The van der Waals surface area contributed by atoms with Crippen molar-refractivity contribution in [2.45, 2.75) is 0 Å². The predicted octanol–water partition coefficient (Wildman–Crippen LogP) is 2.76. The molecule has 0 spiro atoms. The fourth-order valence-electron chi connectivity index (χ4n) is 1.87. The molecule has 1 N–H and O–H groups in total. The lowest BCUT2D eigenvalue weighted by Crippen LogP contribution is -2.12. The van der Waals surface area contributed by atoms with Crippen LogP contribution in [0.15, 0.2) is 42.5 Å². The van der Waals surface area contributed by atoms with E-state index in [1.54, 1.807) is 0 Å². The highest BCUT2D eigenvalue weighted by Crippen LogP contribution is 2.29. The molecule has 2 rings (SSSR count). The van der Waals surface area contributed by atoms with Crippen LogP contribution < -0.4 is 10.1 Å². The van der Waals surface area contributed by atoms with Crippen molar-refractivity contribution in [2.75, 3.05) is 12.4 Å². The van der Waals surface area contributed by atoms with E-state index in [9.17, 15) is 25.0 Å². The van der Waals surface area contributed by atoms with Crippen molar-refractivity contribution < 1.29 is 19.4 Å². The number of nitrogens with zero attached hydrogens (tertiary/aromatic N) is 2. The number of anilines is 1. The van der Waals surface area contributed by atoms with Crippen molar-refractivity contribution in [3.8, 4) is 5.75 Å². The van der Waals surface area contributed by atoms with Gasteiger partial charge in [0.15, 0.2) is 5.75 Å². The molecule has 0 saturated carbocycles. The zero-order chi connectivity index (χ0) is 17.0. The number of benzene rings is 2. The zero-order valence-electron chi connectivity index (χ0n) is 11.9. The third-order valence-corrected chi connectivity index (χ3v) is 2.95. The van der Waals surface area contributed by atoms with Crippen molar-refractivity contribution in [2.24, 2.45) is 0 Å². The topological polar surface area (TPSA) is 125 Å². The summed E-state index contributed by atoms with van der Waals surface area (Å²) in [5.74, 6) is -0.559. The van der Waals surface area contributed by atoms with E-state index in [-0.39, 0.29) is 28.4 Å². The van der Waals surface area contributed by atoms with E-state index in [2.05, 4.69) is 5.32 Å². The van der Waals surface area contributed by atoms with E-state index >= 15 is 0 Å². The summed E-state index contributed by atoms with van der Waals surface area (Å²) in [5.41, 5.74) is -0.283. The molecule has 2 aromatic rings. The number of amides is 1. The lowest BCUT2D eigenvalue weighted by atomic mass is 10.2. The van der Waals surface area contributed by atoms with Crippen molar-refractivity contribution in [1.82, 2.24) is 0 Å². The molecular weight excluding hydrogens is 306 g/mol. The minimum atomic E-state index is -0.637. The van der Waals surface area contributed by atoms with Gasteiger partial charge in [0.2, 0.25) is 0 Å². The predicted molar refractivity (Wildman–Crippen MR) is 80.7 cm³/mol. The molecule has 9 nitrogen and oxygen atoms in total. The molecule has 0 bridgehead atoms. The second-order valence-electron chi connectivity index (χ2n) is 4.41. The molecule has 0 heterocycles. The Hall–Kier alpha value is -3.49. The van der Waals surface area contributed by atoms with Crippen LogP contribution in [0.3, 0.4) is 0 Å². The van der Waals surface area contributed by atoms with Gasteiger partial charge in [0, 0.05) is 29.4 Å². The number of nitro benzene ring substituents is 2. The summed E-state index contributed by atoms with van der Waals surface area (Å²) in [7, 11) is 1.30. The van der Waals surface area contributed by atoms with E-state index in [0.717, 1.165) is 12.1 Å². The van der Waals surface area contributed by atoms with Gasteiger partial charge < -0.3 is 10.1 Å². The molecular formula is C14H11N3O6. The van der Waals surface area contributed by atoms with Crippen LogP contribution in [0.4, 0.5) is 17.1 Å². The quantitative estimate of drug-likeness (QED) is 0.667. The summed E-state index contributed by atoms with van der Waals surface area (Å²) in [6.07, 6.45) is 0. The molecule has 9 heteroatoms. The van der Waals surface area contributed by atoms with E-state index < -0.39 is 15.8 Å². The van der Waals surface area contributed by atoms with Gasteiger partial charge in [-0.1, -0.05) is 6.07 Å². The second kappa shape index (κ2) is 6.52. The fourth-order valence-corrected chi connectivity index (χ4v) is 1.87. The molecule has 0 radical (unpaired) electrons. The number of nitrogens with one attached hydrogen (secondary N) is 1. The maximum Gasteiger partial charge on any atom is 0.312 e. The maximum atomic E-state index is 12.1. The Morgan fingerprint density at radius 3 is 2.43 bits per heavy atom. The number of carbonyl (C=O) groups excluding carboxylic acids is 1. The molecule has 0 aliphatic carbocycles. The van der Waals surface area contributed by atoms with E-state index in [1.165, 1.54) is 37.4 Å². The second-order valence-corrected chi connectivity index (χ2v) is 4.41. The summed E-state index contributed by atoms with van der Waals surface area (Å²) >= 11 is 0. The first-order chi connectivity index (χ1) is 10.9. The largest absolute Gasteiger partial charge is 0.490 e. The number of methoxy groups -OCH3 is 1. The van der Waals surface area contributed by atoms with Gasteiger partial charge in [0.05, 0.1) is 17.0 Å². The molecule has 0 aliphatic heterocycles. The van der Waals surface area contributed by atoms with Crippen molar-refractivity contribution in [1.29, 1.82) is 0 Å². The molecule has 0 aromatic heterocycles. The molecule has 118 valence electrons. The van der Waals surface area contributed by atoms with Crippen LogP contribution in [0.1, 0.15) is 10.4 Å². The van der Waals surface area contributed by atoms with E-state index in [4.69, 9.17) is 4.74 Å². The molecule has 0 aliphatic rings. The minimum Gasteiger partial charge on any atom is -0.490 e. The van der Waals surface area contributed by atoms with Crippen molar-refractivity contribution in [3.05, 3.63) is 68.3 Å². The lowest BCUT2D eigenvalue weighted by Gasteiger charge is -2.07. The SMILES string of the molecule is COc1ccc(NC(=O)c2cccc([N+](=O)[O-])c2)cc1[N+](=O)[O-]. The first kappa shape index (κ1) is 15.9. The standard InChI is InChI=1S/C14H11N3O6/c1-23-13-6-5-10(8-12(13)17(21)22)15-14(18)9-3-2-4-11(7-9)16(19)20/h2-8H,1H3,(H,15,18). The molecule has 23 heavy (non-hydrogen) atoms. The Morgan fingerprint density at radius 1 is 1.09 bits per heavy atom. The number of hydrogen-bond donors (Lipinski definition) is 1.